The zero-order chi connectivity index (χ0) is 17.5. The molecule has 1 N–H and O–H groups in total. The first kappa shape index (κ1) is 17.9. The first-order valence-electron chi connectivity index (χ1n) is 7.79. The molecule has 2 aromatic rings. The van der Waals surface area contributed by atoms with Gasteiger partial charge in [-0.25, -0.2) is 0 Å². The molecule has 0 aliphatic heterocycles. The molecular weight excluding hydrogens is 324 g/mol. The van der Waals surface area contributed by atoms with Gasteiger partial charge < -0.3 is 5.32 Å². The Hall–Kier alpha value is -2.43. The third-order valence-electron chi connectivity index (χ3n) is 3.99. The van der Waals surface area contributed by atoms with Crippen LogP contribution in [0.25, 0.3) is 0 Å². The quantitative estimate of drug-likeness (QED) is 0.577. The van der Waals surface area contributed by atoms with Crippen molar-refractivity contribution in [2.24, 2.45) is 0 Å². The number of nitrogens with one attached hydrogen (secondary N) is 1. The predicted molar refractivity (Wildman–Crippen MR) is 96.3 cm³/mol. The molecule has 0 fully saturated rings. The number of rotatable bonds is 8. The molecule has 1 heterocycles. The van der Waals surface area contributed by atoms with Gasteiger partial charge in [-0.2, -0.15) is 16.6 Å². The first-order chi connectivity index (χ1) is 11.6. The zero-order valence-electron chi connectivity index (χ0n) is 13.7. The standard InChI is InChI=1S/C17H20N4O2S/c1-3-20(4-2)17(14-7-8-24-12-14)11-19-15-6-5-13(10-18)9-16(15)21(22)23/h5-9,12,17,19H,3-4,11H2,1-2H3/t17-/m1/s1. The number of likely N-dealkylation sites (N-methyl/N-ethyl adjacent to an activating group) is 1. The molecule has 0 radical (unpaired) electrons. The highest BCUT2D eigenvalue weighted by Gasteiger charge is 2.21. The van der Waals surface area contributed by atoms with Gasteiger partial charge in [-0.1, -0.05) is 13.8 Å². The molecule has 1 atom stereocenters. The van der Waals surface area contributed by atoms with Crippen LogP contribution in [0.15, 0.2) is 35.0 Å². The maximum absolute atomic E-state index is 11.3. The molecule has 126 valence electrons. The van der Waals surface area contributed by atoms with Gasteiger partial charge in [-0.15, -0.1) is 0 Å². The van der Waals surface area contributed by atoms with Crippen LogP contribution in [0.5, 0.6) is 0 Å². The van der Waals surface area contributed by atoms with Crippen molar-refractivity contribution in [2.75, 3.05) is 25.0 Å². The molecule has 0 spiro atoms. The van der Waals surface area contributed by atoms with Gasteiger partial charge in [0.1, 0.15) is 5.69 Å². The summed E-state index contributed by atoms with van der Waals surface area (Å²) in [6.45, 7) is 6.56. The third kappa shape index (κ3) is 4.10. The van der Waals surface area contributed by atoms with Crippen molar-refractivity contribution in [3.63, 3.8) is 0 Å². The van der Waals surface area contributed by atoms with Crippen molar-refractivity contribution >= 4 is 22.7 Å². The minimum absolute atomic E-state index is 0.0716. The lowest BCUT2D eigenvalue weighted by molar-refractivity contribution is -0.384. The van der Waals surface area contributed by atoms with Crippen molar-refractivity contribution < 1.29 is 4.92 Å². The van der Waals surface area contributed by atoms with Crippen LogP contribution < -0.4 is 5.32 Å². The topological polar surface area (TPSA) is 82.2 Å². The average Bonchev–Trinajstić information content (AvgIpc) is 3.12. The monoisotopic (exact) mass is 344 g/mol. The van der Waals surface area contributed by atoms with Crippen molar-refractivity contribution in [3.05, 3.63) is 56.3 Å². The van der Waals surface area contributed by atoms with Gasteiger partial charge in [0.05, 0.1) is 22.6 Å². The summed E-state index contributed by atoms with van der Waals surface area (Å²) in [7, 11) is 0. The van der Waals surface area contributed by atoms with Gasteiger partial charge in [-0.3, -0.25) is 15.0 Å². The van der Waals surface area contributed by atoms with E-state index in [4.69, 9.17) is 5.26 Å². The Labute approximate surface area is 145 Å². The Kier molecular flexibility index (Phi) is 6.29. The second-order valence-electron chi connectivity index (χ2n) is 5.28. The number of benzene rings is 1. The molecule has 0 saturated carbocycles. The van der Waals surface area contributed by atoms with E-state index in [0.717, 1.165) is 13.1 Å². The minimum Gasteiger partial charge on any atom is -0.378 e. The van der Waals surface area contributed by atoms with Crippen LogP contribution in [0.2, 0.25) is 0 Å². The van der Waals surface area contributed by atoms with Crippen LogP contribution in [0, 0.1) is 21.4 Å². The van der Waals surface area contributed by atoms with Gasteiger partial charge in [0, 0.05) is 12.6 Å². The van der Waals surface area contributed by atoms with E-state index < -0.39 is 4.92 Å². The molecule has 0 aliphatic rings. The van der Waals surface area contributed by atoms with Crippen molar-refractivity contribution in [2.45, 2.75) is 19.9 Å². The number of nitrogens with zero attached hydrogens (tertiary/aromatic N) is 3. The lowest BCUT2D eigenvalue weighted by Gasteiger charge is -2.29. The van der Waals surface area contributed by atoms with Crippen LogP contribution in [0.1, 0.15) is 31.0 Å². The van der Waals surface area contributed by atoms with Gasteiger partial charge in [0.25, 0.3) is 5.69 Å². The normalized spacial score (nSPS) is 11.9. The maximum atomic E-state index is 11.3. The second kappa shape index (κ2) is 8.43. The van der Waals surface area contributed by atoms with Gasteiger partial charge in [0.15, 0.2) is 0 Å². The van der Waals surface area contributed by atoms with E-state index in [9.17, 15) is 10.1 Å². The molecule has 1 aromatic heterocycles. The van der Waals surface area contributed by atoms with Crippen LogP contribution >= 0.6 is 11.3 Å². The minimum atomic E-state index is -0.458. The fourth-order valence-corrected chi connectivity index (χ4v) is 3.40. The van der Waals surface area contributed by atoms with Gasteiger partial charge in [-0.05, 0) is 47.6 Å². The number of thiophene rings is 1. The molecule has 0 saturated heterocycles. The van der Waals surface area contributed by atoms with E-state index >= 15 is 0 Å². The number of hydrogen-bond donors (Lipinski definition) is 1. The average molecular weight is 344 g/mol. The Morgan fingerprint density at radius 3 is 2.67 bits per heavy atom. The van der Waals surface area contributed by atoms with Crippen molar-refractivity contribution in [1.82, 2.24) is 4.90 Å². The maximum Gasteiger partial charge on any atom is 0.293 e. The summed E-state index contributed by atoms with van der Waals surface area (Å²) in [5, 5.41) is 27.5. The largest absolute Gasteiger partial charge is 0.378 e. The summed E-state index contributed by atoms with van der Waals surface area (Å²) in [5.74, 6) is 0. The number of nitro groups is 1. The van der Waals surface area contributed by atoms with Crippen LogP contribution in [0.4, 0.5) is 11.4 Å². The highest BCUT2D eigenvalue weighted by atomic mass is 32.1. The zero-order valence-corrected chi connectivity index (χ0v) is 14.5. The van der Waals surface area contributed by atoms with Crippen molar-refractivity contribution in [3.8, 4) is 6.07 Å². The van der Waals surface area contributed by atoms with Gasteiger partial charge in [0.2, 0.25) is 0 Å². The first-order valence-corrected chi connectivity index (χ1v) is 8.73. The van der Waals surface area contributed by atoms with E-state index in [-0.39, 0.29) is 17.3 Å². The molecule has 0 unspecified atom stereocenters. The molecule has 24 heavy (non-hydrogen) atoms. The smallest absolute Gasteiger partial charge is 0.293 e. The van der Waals surface area contributed by atoms with E-state index in [2.05, 4.69) is 35.5 Å². The van der Waals surface area contributed by atoms with Gasteiger partial charge >= 0.3 is 0 Å². The molecular formula is C17H20N4O2S. The molecule has 0 amide bonds. The molecule has 0 bridgehead atoms. The number of nitriles is 1. The SMILES string of the molecule is CCN(CC)[C@H](CNc1ccc(C#N)cc1[N+](=O)[O-])c1ccsc1. The van der Waals surface area contributed by atoms with Crippen LogP contribution in [-0.2, 0) is 0 Å². The Bertz CT molecular complexity index is 721. The fourth-order valence-electron chi connectivity index (χ4n) is 2.70. The fraction of sp³-hybridized carbons (Fsp3) is 0.353. The Morgan fingerprint density at radius 2 is 2.12 bits per heavy atom. The summed E-state index contributed by atoms with van der Waals surface area (Å²) >= 11 is 1.64. The Morgan fingerprint density at radius 1 is 1.38 bits per heavy atom. The number of anilines is 1. The van der Waals surface area contributed by atoms with E-state index in [0.29, 0.717) is 12.2 Å². The summed E-state index contributed by atoms with van der Waals surface area (Å²) in [6, 6.07) is 8.66. The summed E-state index contributed by atoms with van der Waals surface area (Å²) in [5.41, 5.74) is 1.85. The summed E-state index contributed by atoms with van der Waals surface area (Å²) < 4.78 is 0. The molecule has 2 rings (SSSR count). The second-order valence-corrected chi connectivity index (χ2v) is 6.06. The third-order valence-corrected chi connectivity index (χ3v) is 4.69. The van der Waals surface area contributed by atoms with E-state index in [1.165, 1.54) is 11.6 Å². The number of nitro benzene ring substituents is 1. The molecule has 6 nitrogen and oxygen atoms in total. The number of hydrogen-bond acceptors (Lipinski definition) is 6. The van der Waals surface area contributed by atoms with E-state index in [1.807, 2.05) is 11.4 Å². The lowest BCUT2D eigenvalue weighted by atomic mass is 10.1. The summed E-state index contributed by atoms with van der Waals surface area (Å²) in [4.78, 5) is 13.1. The molecule has 0 aliphatic carbocycles. The molecule has 7 heteroatoms. The summed E-state index contributed by atoms with van der Waals surface area (Å²) in [6.07, 6.45) is 0. The lowest BCUT2D eigenvalue weighted by Crippen LogP contribution is -2.33. The predicted octanol–water partition coefficient (Wildman–Crippen LogP) is 4.02. The van der Waals surface area contributed by atoms with Crippen molar-refractivity contribution in [1.29, 1.82) is 5.26 Å². The van der Waals surface area contributed by atoms with Crippen LogP contribution in [-0.4, -0.2) is 29.5 Å². The highest BCUT2D eigenvalue weighted by Crippen LogP contribution is 2.28. The Balaban J connectivity index is 2.23. The molecule has 1 aromatic carbocycles. The van der Waals surface area contributed by atoms with E-state index in [1.54, 1.807) is 23.5 Å². The van der Waals surface area contributed by atoms with Crippen LogP contribution in [0.3, 0.4) is 0 Å². The highest BCUT2D eigenvalue weighted by molar-refractivity contribution is 7.07.